The SMILES string of the molecule is CCCC(CC)OC(=O)CCCCCCC(=O)O. The first kappa shape index (κ1) is 16.9. The number of rotatable bonds is 11. The Morgan fingerprint density at radius 1 is 1.06 bits per heavy atom. The van der Waals surface area contributed by atoms with Gasteiger partial charge in [-0.2, -0.15) is 0 Å². The number of carbonyl (C=O) groups is 2. The fraction of sp³-hybridized carbons (Fsp3) is 0.857. The van der Waals surface area contributed by atoms with Crippen molar-refractivity contribution in [2.75, 3.05) is 0 Å². The lowest BCUT2D eigenvalue weighted by molar-refractivity contribution is -0.149. The molecule has 0 radical (unpaired) electrons. The van der Waals surface area contributed by atoms with Crippen molar-refractivity contribution in [3.63, 3.8) is 0 Å². The number of aliphatic carboxylic acids is 1. The summed E-state index contributed by atoms with van der Waals surface area (Å²) in [6.07, 6.45) is 6.82. The average molecular weight is 258 g/mol. The summed E-state index contributed by atoms with van der Waals surface area (Å²) >= 11 is 0. The number of hydrogen-bond acceptors (Lipinski definition) is 3. The molecular weight excluding hydrogens is 232 g/mol. The van der Waals surface area contributed by atoms with Crippen molar-refractivity contribution in [1.82, 2.24) is 0 Å². The number of esters is 1. The van der Waals surface area contributed by atoms with E-state index in [4.69, 9.17) is 9.84 Å². The Kier molecular flexibility index (Phi) is 10.4. The molecule has 0 fully saturated rings. The van der Waals surface area contributed by atoms with E-state index in [0.29, 0.717) is 12.8 Å². The Morgan fingerprint density at radius 2 is 1.67 bits per heavy atom. The number of carboxylic acid groups (broad SMARTS) is 1. The molecule has 1 atom stereocenters. The summed E-state index contributed by atoms with van der Waals surface area (Å²) < 4.78 is 5.35. The van der Waals surface area contributed by atoms with Crippen molar-refractivity contribution in [2.24, 2.45) is 0 Å². The van der Waals surface area contributed by atoms with Crippen LogP contribution in [0.1, 0.15) is 71.6 Å². The third kappa shape index (κ3) is 10.1. The van der Waals surface area contributed by atoms with Crippen molar-refractivity contribution in [3.05, 3.63) is 0 Å². The zero-order valence-electron chi connectivity index (χ0n) is 11.6. The molecule has 4 nitrogen and oxygen atoms in total. The molecule has 0 aromatic carbocycles. The highest BCUT2D eigenvalue weighted by atomic mass is 16.5. The van der Waals surface area contributed by atoms with Gasteiger partial charge < -0.3 is 9.84 Å². The highest BCUT2D eigenvalue weighted by Crippen LogP contribution is 2.10. The van der Waals surface area contributed by atoms with Crippen LogP contribution in [0.15, 0.2) is 0 Å². The molecule has 106 valence electrons. The smallest absolute Gasteiger partial charge is 0.306 e. The minimum Gasteiger partial charge on any atom is -0.481 e. The Bertz CT molecular complexity index is 238. The van der Waals surface area contributed by atoms with Gasteiger partial charge in [-0.15, -0.1) is 0 Å². The maximum absolute atomic E-state index is 11.5. The van der Waals surface area contributed by atoms with Gasteiger partial charge >= 0.3 is 11.9 Å². The maximum Gasteiger partial charge on any atom is 0.306 e. The van der Waals surface area contributed by atoms with Gasteiger partial charge in [0.1, 0.15) is 6.10 Å². The summed E-state index contributed by atoms with van der Waals surface area (Å²) in [4.78, 5) is 21.8. The third-order valence-corrected chi connectivity index (χ3v) is 2.89. The van der Waals surface area contributed by atoms with Crippen molar-refractivity contribution in [3.8, 4) is 0 Å². The summed E-state index contributed by atoms with van der Waals surface area (Å²) in [6, 6.07) is 0. The Morgan fingerprint density at radius 3 is 2.17 bits per heavy atom. The molecule has 0 saturated heterocycles. The van der Waals surface area contributed by atoms with Crippen LogP contribution >= 0.6 is 0 Å². The van der Waals surface area contributed by atoms with Crippen LogP contribution in [-0.4, -0.2) is 23.1 Å². The lowest BCUT2D eigenvalue weighted by Crippen LogP contribution is -2.16. The predicted molar refractivity (Wildman–Crippen MR) is 70.4 cm³/mol. The summed E-state index contributed by atoms with van der Waals surface area (Å²) in [6.45, 7) is 4.11. The summed E-state index contributed by atoms with van der Waals surface area (Å²) in [7, 11) is 0. The number of ether oxygens (including phenoxy) is 1. The van der Waals surface area contributed by atoms with Gasteiger partial charge in [-0.3, -0.25) is 9.59 Å². The molecule has 1 N–H and O–H groups in total. The largest absolute Gasteiger partial charge is 0.481 e. The van der Waals surface area contributed by atoms with Gasteiger partial charge in [0.25, 0.3) is 0 Å². The van der Waals surface area contributed by atoms with Gasteiger partial charge in [0.05, 0.1) is 0 Å². The first-order chi connectivity index (χ1) is 8.60. The van der Waals surface area contributed by atoms with Gasteiger partial charge in [0.15, 0.2) is 0 Å². The van der Waals surface area contributed by atoms with E-state index < -0.39 is 5.97 Å². The molecule has 0 aromatic rings. The van der Waals surface area contributed by atoms with Crippen LogP contribution in [0.4, 0.5) is 0 Å². The van der Waals surface area contributed by atoms with Crippen LogP contribution in [0.5, 0.6) is 0 Å². The standard InChI is InChI=1S/C14H26O4/c1-3-9-12(4-2)18-14(17)11-8-6-5-7-10-13(15)16/h12H,3-11H2,1-2H3,(H,15,16). The number of hydrogen-bond donors (Lipinski definition) is 1. The zero-order valence-corrected chi connectivity index (χ0v) is 11.6. The normalized spacial score (nSPS) is 12.1. The first-order valence-electron chi connectivity index (χ1n) is 7.01. The van der Waals surface area contributed by atoms with Gasteiger partial charge in [-0.05, 0) is 25.7 Å². The third-order valence-electron chi connectivity index (χ3n) is 2.89. The molecule has 0 bridgehead atoms. The summed E-state index contributed by atoms with van der Waals surface area (Å²) in [5.74, 6) is -0.867. The van der Waals surface area contributed by atoms with E-state index >= 15 is 0 Å². The number of carbonyl (C=O) groups excluding carboxylic acids is 1. The quantitative estimate of drug-likeness (QED) is 0.455. The lowest BCUT2D eigenvalue weighted by atomic mass is 10.1. The lowest BCUT2D eigenvalue weighted by Gasteiger charge is -2.15. The minimum atomic E-state index is -0.750. The Labute approximate surface area is 110 Å². The van der Waals surface area contributed by atoms with Crippen LogP contribution in [0.25, 0.3) is 0 Å². The van der Waals surface area contributed by atoms with Crippen LogP contribution in [0, 0.1) is 0 Å². The highest BCUT2D eigenvalue weighted by Gasteiger charge is 2.11. The van der Waals surface area contributed by atoms with Gasteiger partial charge in [-0.1, -0.05) is 33.1 Å². The van der Waals surface area contributed by atoms with Crippen LogP contribution in [0.3, 0.4) is 0 Å². The second-order valence-corrected chi connectivity index (χ2v) is 4.62. The Hall–Kier alpha value is -1.06. The van der Waals surface area contributed by atoms with Crippen LogP contribution in [0.2, 0.25) is 0 Å². The monoisotopic (exact) mass is 258 g/mol. The van der Waals surface area contributed by atoms with Crippen LogP contribution < -0.4 is 0 Å². The van der Waals surface area contributed by atoms with Gasteiger partial charge in [-0.25, -0.2) is 0 Å². The van der Waals surface area contributed by atoms with E-state index in [-0.39, 0.29) is 18.5 Å². The molecule has 0 aliphatic carbocycles. The average Bonchev–Trinajstić information content (AvgIpc) is 2.32. The van der Waals surface area contributed by atoms with E-state index in [1.54, 1.807) is 0 Å². The predicted octanol–water partition coefficient (Wildman–Crippen LogP) is 3.53. The summed E-state index contributed by atoms with van der Waals surface area (Å²) in [5, 5.41) is 8.46. The van der Waals surface area contributed by atoms with E-state index in [1.165, 1.54) is 0 Å². The van der Waals surface area contributed by atoms with Crippen LogP contribution in [-0.2, 0) is 14.3 Å². The molecule has 0 spiro atoms. The second kappa shape index (κ2) is 11.1. The van der Waals surface area contributed by atoms with E-state index in [0.717, 1.165) is 38.5 Å². The molecule has 0 rings (SSSR count). The fourth-order valence-corrected chi connectivity index (χ4v) is 1.81. The molecule has 0 saturated carbocycles. The van der Waals surface area contributed by atoms with Crippen molar-refractivity contribution >= 4 is 11.9 Å². The maximum atomic E-state index is 11.5. The fourth-order valence-electron chi connectivity index (χ4n) is 1.81. The van der Waals surface area contributed by atoms with Crippen molar-refractivity contribution in [1.29, 1.82) is 0 Å². The number of unbranched alkanes of at least 4 members (excludes halogenated alkanes) is 3. The summed E-state index contributed by atoms with van der Waals surface area (Å²) in [5.41, 5.74) is 0. The molecule has 0 aliphatic heterocycles. The van der Waals surface area contributed by atoms with Crippen molar-refractivity contribution < 1.29 is 19.4 Å². The molecule has 1 unspecified atom stereocenters. The molecule has 0 aliphatic rings. The van der Waals surface area contributed by atoms with Gasteiger partial charge in [0, 0.05) is 12.8 Å². The van der Waals surface area contributed by atoms with E-state index in [2.05, 4.69) is 6.92 Å². The highest BCUT2D eigenvalue weighted by molar-refractivity contribution is 5.69. The second-order valence-electron chi connectivity index (χ2n) is 4.62. The zero-order chi connectivity index (χ0) is 13.8. The van der Waals surface area contributed by atoms with E-state index in [9.17, 15) is 9.59 Å². The molecule has 4 heteroatoms. The first-order valence-corrected chi connectivity index (χ1v) is 7.01. The molecule has 0 heterocycles. The molecule has 0 amide bonds. The number of carboxylic acids is 1. The molecular formula is C14H26O4. The van der Waals surface area contributed by atoms with Crippen molar-refractivity contribution in [2.45, 2.75) is 77.7 Å². The molecule has 18 heavy (non-hydrogen) atoms. The Balaban J connectivity index is 3.49. The van der Waals surface area contributed by atoms with E-state index in [1.807, 2.05) is 6.92 Å². The minimum absolute atomic E-state index is 0.0644. The molecule has 0 aromatic heterocycles. The topological polar surface area (TPSA) is 63.6 Å². The van der Waals surface area contributed by atoms with Gasteiger partial charge in [0.2, 0.25) is 0 Å².